The van der Waals surface area contributed by atoms with E-state index < -0.39 is 11.6 Å². The molecule has 2 rings (SSSR count). The van der Waals surface area contributed by atoms with Gasteiger partial charge in [0.2, 0.25) is 5.91 Å². The summed E-state index contributed by atoms with van der Waals surface area (Å²) in [5, 5.41) is 2.44. The Morgan fingerprint density at radius 3 is 2.95 bits per heavy atom. The van der Waals surface area contributed by atoms with E-state index in [-0.39, 0.29) is 17.3 Å². The molecule has 1 aromatic rings. The number of thioether (sulfide) groups is 1. The first-order valence-electron chi connectivity index (χ1n) is 6.57. The number of carbonyl (C=O) groups excluding carboxylic acids is 1. The summed E-state index contributed by atoms with van der Waals surface area (Å²) in [6, 6.07) is 3.63. The maximum atomic E-state index is 13.1. The third kappa shape index (κ3) is 4.18. The summed E-state index contributed by atoms with van der Waals surface area (Å²) in [7, 11) is 0. The Hall–Kier alpha value is -1.14. The van der Waals surface area contributed by atoms with Crippen LogP contribution in [0.25, 0.3) is 0 Å². The number of ether oxygens (including phenoxy) is 1. The molecule has 6 heteroatoms. The monoisotopic (exact) mass is 301 g/mol. The Morgan fingerprint density at radius 2 is 2.30 bits per heavy atom. The molecule has 0 unspecified atom stereocenters. The molecule has 0 spiro atoms. The van der Waals surface area contributed by atoms with E-state index in [0.717, 1.165) is 31.6 Å². The van der Waals surface area contributed by atoms with Crippen LogP contribution in [0.2, 0.25) is 0 Å². The van der Waals surface area contributed by atoms with Crippen molar-refractivity contribution in [3.8, 4) is 0 Å². The molecular formula is C14H17F2NO2S. The van der Waals surface area contributed by atoms with Crippen molar-refractivity contribution in [3.05, 3.63) is 29.8 Å². The van der Waals surface area contributed by atoms with E-state index in [1.165, 1.54) is 17.8 Å². The van der Waals surface area contributed by atoms with Gasteiger partial charge in [-0.15, -0.1) is 11.8 Å². The highest BCUT2D eigenvalue weighted by Crippen LogP contribution is 2.25. The zero-order valence-corrected chi connectivity index (χ0v) is 12.0. The predicted octanol–water partition coefficient (Wildman–Crippen LogP) is 2.74. The van der Waals surface area contributed by atoms with Crippen LogP contribution in [-0.2, 0) is 9.53 Å². The zero-order chi connectivity index (χ0) is 14.5. The van der Waals surface area contributed by atoms with E-state index in [0.29, 0.717) is 11.4 Å². The second kappa shape index (κ2) is 7.04. The van der Waals surface area contributed by atoms with Gasteiger partial charge in [-0.2, -0.15) is 0 Å². The molecule has 0 aromatic heterocycles. The minimum atomic E-state index is -0.901. The Labute approximate surface area is 121 Å². The Morgan fingerprint density at radius 1 is 1.50 bits per heavy atom. The lowest BCUT2D eigenvalue weighted by molar-refractivity contribution is -0.120. The van der Waals surface area contributed by atoms with E-state index in [1.54, 1.807) is 6.92 Å². The number of amides is 1. The standard InChI is InChI=1S/C14H17F2NO2S/c1-9(14(18)17-8-10-3-2-6-19-10)20-11-4-5-12(15)13(16)7-11/h4-5,7,9-10H,2-3,6,8H2,1H3,(H,17,18)/t9-,10-/m1/s1. The van der Waals surface area contributed by atoms with Gasteiger partial charge in [0.05, 0.1) is 11.4 Å². The van der Waals surface area contributed by atoms with E-state index in [9.17, 15) is 13.6 Å². The molecule has 110 valence electrons. The molecule has 1 saturated heterocycles. The highest BCUT2D eigenvalue weighted by molar-refractivity contribution is 8.00. The van der Waals surface area contributed by atoms with Crippen LogP contribution < -0.4 is 5.32 Å². The van der Waals surface area contributed by atoms with Crippen LogP contribution in [0.4, 0.5) is 8.78 Å². The van der Waals surface area contributed by atoms with Crippen molar-refractivity contribution in [1.82, 2.24) is 5.32 Å². The summed E-state index contributed by atoms with van der Waals surface area (Å²) >= 11 is 1.20. The van der Waals surface area contributed by atoms with Gasteiger partial charge in [-0.1, -0.05) is 0 Å². The quantitative estimate of drug-likeness (QED) is 0.850. The van der Waals surface area contributed by atoms with Gasteiger partial charge in [0, 0.05) is 18.0 Å². The van der Waals surface area contributed by atoms with Crippen LogP contribution in [0.5, 0.6) is 0 Å². The van der Waals surface area contributed by atoms with Crippen molar-refractivity contribution in [1.29, 1.82) is 0 Å². The number of carbonyl (C=O) groups is 1. The van der Waals surface area contributed by atoms with E-state index >= 15 is 0 Å². The summed E-state index contributed by atoms with van der Waals surface area (Å²) in [4.78, 5) is 12.4. The summed E-state index contributed by atoms with van der Waals surface area (Å²) < 4.78 is 31.3. The van der Waals surface area contributed by atoms with Gasteiger partial charge in [0.25, 0.3) is 0 Å². The molecular weight excluding hydrogens is 284 g/mol. The number of benzene rings is 1. The fourth-order valence-electron chi connectivity index (χ4n) is 1.97. The number of nitrogens with one attached hydrogen (secondary N) is 1. The van der Waals surface area contributed by atoms with Crippen molar-refractivity contribution in [2.75, 3.05) is 13.2 Å². The average Bonchev–Trinajstić information content (AvgIpc) is 2.93. The van der Waals surface area contributed by atoms with Gasteiger partial charge >= 0.3 is 0 Å². The minimum Gasteiger partial charge on any atom is -0.376 e. The molecule has 1 amide bonds. The fourth-order valence-corrected chi connectivity index (χ4v) is 2.89. The third-order valence-electron chi connectivity index (χ3n) is 3.10. The maximum Gasteiger partial charge on any atom is 0.233 e. The van der Waals surface area contributed by atoms with Gasteiger partial charge in [0.15, 0.2) is 11.6 Å². The van der Waals surface area contributed by atoms with Gasteiger partial charge in [0.1, 0.15) is 0 Å². The van der Waals surface area contributed by atoms with Crippen molar-refractivity contribution in [2.45, 2.75) is 36.0 Å². The van der Waals surface area contributed by atoms with Crippen molar-refractivity contribution < 1.29 is 18.3 Å². The van der Waals surface area contributed by atoms with Crippen LogP contribution >= 0.6 is 11.8 Å². The second-order valence-electron chi connectivity index (χ2n) is 4.72. The first kappa shape index (κ1) is 15.3. The van der Waals surface area contributed by atoms with E-state index in [1.807, 2.05) is 0 Å². The van der Waals surface area contributed by atoms with Crippen molar-refractivity contribution >= 4 is 17.7 Å². The summed E-state index contributed by atoms with van der Waals surface area (Å²) in [6.07, 6.45) is 2.09. The summed E-state index contributed by atoms with van der Waals surface area (Å²) in [5.74, 6) is -1.91. The molecule has 0 saturated carbocycles. The Balaban J connectivity index is 1.81. The molecule has 1 heterocycles. The second-order valence-corrected chi connectivity index (χ2v) is 6.13. The lowest BCUT2D eigenvalue weighted by atomic mass is 10.2. The van der Waals surface area contributed by atoms with Crippen LogP contribution in [0.1, 0.15) is 19.8 Å². The minimum absolute atomic E-state index is 0.0967. The Kier molecular flexibility index (Phi) is 5.37. The lowest BCUT2D eigenvalue weighted by Gasteiger charge is -2.14. The molecule has 1 aromatic carbocycles. The SMILES string of the molecule is C[C@@H](Sc1ccc(F)c(F)c1)C(=O)NC[C@H]1CCCO1. The predicted molar refractivity (Wildman–Crippen MR) is 73.7 cm³/mol. The molecule has 3 nitrogen and oxygen atoms in total. The number of rotatable bonds is 5. The molecule has 1 fully saturated rings. The average molecular weight is 301 g/mol. The van der Waals surface area contributed by atoms with Gasteiger partial charge in [-0.3, -0.25) is 4.79 Å². The van der Waals surface area contributed by atoms with Gasteiger partial charge in [-0.25, -0.2) is 8.78 Å². The lowest BCUT2D eigenvalue weighted by Crippen LogP contribution is -2.36. The molecule has 1 aliphatic rings. The molecule has 1 N–H and O–H groups in total. The topological polar surface area (TPSA) is 38.3 Å². The number of hydrogen-bond donors (Lipinski definition) is 1. The maximum absolute atomic E-state index is 13.1. The zero-order valence-electron chi connectivity index (χ0n) is 11.2. The largest absolute Gasteiger partial charge is 0.376 e. The molecule has 0 aliphatic carbocycles. The highest BCUT2D eigenvalue weighted by atomic mass is 32.2. The Bertz CT molecular complexity index is 478. The van der Waals surface area contributed by atoms with E-state index in [4.69, 9.17) is 4.74 Å². The fraction of sp³-hybridized carbons (Fsp3) is 0.500. The normalized spacial score (nSPS) is 19.9. The molecule has 20 heavy (non-hydrogen) atoms. The van der Waals surface area contributed by atoms with Crippen molar-refractivity contribution in [2.24, 2.45) is 0 Å². The smallest absolute Gasteiger partial charge is 0.233 e. The summed E-state index contributed by atoms with van der Waals surface area (Å²) in [6.45, 7) is 2.98. The van der Waals surface area contributed by atoms with Crippen LogP contribution in [0.15, 0.2) is 23.1 Å². The van der Waals surface area contributed by atoms with Crippen LogP contribution in [-0.4, -0.2) is 30.4 Å². The van der Waals surface area contributed by atoms with E-state index in [2.05, 4.69) is 5.32 Å². The third-order valence-corrected chi connectivity index (χ3v) is 4.19. The van der Waals surface area contributed by atoms with Crippen LogP contribution in [0.3, 0.4) is 0 Å². The van der Waals surface area contributed by atoms with Crippen LogP contribution in [0, 0.1) is 11.6 Å². The number of hydrogen-bond acceptors (Lipinski definition) is 3. The molecule has 1 aliphatic heterocycles. The first-order valence-corrected chi connectivity index (χ1v) is 7.45. The number of halogens is 2. The van der Waals surface area contributed by atoms with Gasteiger partial charge < -0.3 is 10.1 Å². The summed E-state index contributed by atoms with van der Waals surface area (Å²) in [5.41, 5.74) is 0. The van der Waals surface area contributed by atoms with Crippen molar-refractivity contribution in [3.63, 3.8) is 0 Å². The molecule has 2 atom stereocenters. The first-order chi connectivity index (χ1) is 9.56. The highest BCUT2D eigenvalue weighted by Gasteiger charge is 2.19. The van der Waals surface area contributed by atoms with Gasteiger partial charge in [-0.05, 0) is 38.0 Å². The molecule has 0 bridgehead atoms. The molecule has 0 radical (unpaired) electrons.